The van der Waals surface area contributed by atoms with E-state index >= 15 is 0 Å². The van der Waals surface area contributed by atoms with Gasteiger partial charge in [0.2, 0.25) is 0 Å². The lowest BCUT2D eigenvalue weighted by Gasteiger charge is -2.11. The number of pyridine rings is 1. The first-order valence-corrected chi connectivity index (χ1v) is 9.67. The van der Waals surface area contributed by atoms with Gasteiger partial charge in [-0.15, -0.1) is 11.8 Å². The number of aromatic nitrogens is 2. The van der Waals surface area contributed by atoms with Crippen molar-refractivity contribution in [3.05, 3.63) is 59.1 Å². The molecule has 0 saturated heterocycles. The number of benzene rings is 1. The zero-order chi connectivity index (χ0) is 19.9. The number of ether oxygens (including phenoxy) is 2. The maximum absolute atomic E-state index is 12.0. The summed E-state index contributed by atoms with van der Waals surface area (Å²) in [6.45, 7) is 1.54. The molecule has 3 rings (SSSR count). The number of halogens is 1. The van der Waals surface area contributed by atoms with Gasteiger partial charge in [-0.05, 0) is 31.2 Å². The Kier molecular flexibility index (Phi) is 6.78. The van der Waals surface area contributed by atoms with Crippen molar-refractivity contribution >= 4 is 35.1 Å². The minimum atomic E-state index is -0.357. The summed E-state index contributed by atoms with van der Waals surface area (Å²) in [4.78, 5) is 17.5. The third kappa shape index (κ3) is 5.64. The number of rotatable bonds is 8. The van der Waals surface area contributed by atoms with Crippen LogP contribution < -0.4 is 14.8 Å². The van der Waals surface area contributed by atoms with Crippen LogP contribution in [0.3, 0.4) is 0 Å². The molecule has 146 valence electrons. The number of aryl methyl sites for hydroxylation is 1. The number of nitrogens with one attached hydrogen (secondary N) is 1. The number of hydrogen-bond donors (Lipinski definition) is 1. The minimum absolute atomic E-state index is 0.198. The molecule has 0 aliphatic rings. The first-order valence-electron chi connectivity index (χ1n) is 8.31. The fourth-order valence-electron chi connectivity index (χ4n) is 2.25. The number of carbonyl (C=O) groups is 1. The minimum Gasteiger partial charge on any atom is -0.491 e. The van der Waals surface area contributed by atoms with Crippen LogP contribution in [-0.2, 0) is 10.5 Å². The highest BCUT2D eigenvalue weighted by molar-refractivity contribution is 7.98. The Labute approximate surface area is 171 Å². The molecule has 0 unspecified atom stereocenters. The van der Waals surface area contributed by atoms with Gasteiger partial charge in [-0.1, -0.05) is 16.8 Å². The molecule has 9 heteroatoms. The van der Waals surface area contributed by atoms with Crippen LogP contribution in [0.1, 0.15) is 11.5 Å². The van der Waals surface area contributed by atoms with E-state index in [9.17, 15) is 4.79 Å². The number of hydrogen-bond acceptors (Lipinski definition) is 7. The number of anilines is 1. The number of carbonyl (C=O) groups excluding carboxylic acids is 1. The summed E-state index contributed by atoms with van der Waals surface area (Å²) in [7, 11) is 1.52. The number of nitrogens with zero attached hydrogens (tertiary/aromatic N) is 2. The van der Waals surface area contributed by atoms with Crippen molar-refractivity contribution in [2.24, 2.45) is 0 Å². The molecule has 0 aliphatic heterocycles. The predicted octanol–water partition coefficient (Wildman–Crippen LogP) is 4.35. The van der Waals surface area contributed by atoms with Gasteiger partial charge in [0.15, 0.2) is 23.9 Å². The monoisotopic (exact) mass is 419 g/mol. The van der Waals surface area contributed by atoms with Gasteiger partial charge in [0, 0.05) is 27.8 Å². The van der Waals surface area contributed by atoms with Crippen LogP contribution in [0, 0.1) is 6.92 Å². The zero-order valence-corrected chi connectivity index (χ0v) is 16.8. The average molecular weight is 420 g/mol. The highest BCUT2D eigenvalue weighted by Gasteiger charge is 2.12. The van der Waals surface area contributed by atoms with E-state index in [-0.39, 0.29) is 12.5 Å². The highest BCUT2D eigenvalue weighted by atomic mass is 35.5. The van der Waals surface area contributed by atoms with Crippen LogP contribution in [0.15, 0.2) is 52.0 Å². The standard InChI is InChI=1S/C19H18ClN3O4S/c1-12-7-18(23-27-12)22-19(24)10-26-16-8-14(21-9-17(16)25-2)11-28-15-5-3-13(20)4-6-15/h3-9H,10-11H2,1-2H3,(H,22,23,24). The molecule has 2 aromatic heterocycles. The fourth-order valence-corrected chi connectivity index (χ4v) is 3.17. The molecule has 3 aromatic rings. The Morgan fingerprint density at radius 3 is 2.71 bits per heavy atom. The van der Waals surface area contributed by atoms with E-state index in [2.05, 4.69) is 15.5 Å². The molecule has 7 nitrogen and oxygen atoms in total. The van der Waals surface area contributed by atoms with Gasteiger partial charge < -0.3 is 19.3 Å². The summed E-state index contributed by atoms with van der Waals surface area (Å²) in [5.41, 5.74) is 0.795. The highest BCUT2D eigenvalue weighted by Crippen LogP contribution is 2.30. The Morgan fingerprint density at radius 1 is 1.25 bits per heavy atom. The van der Waals surface area contributed by atoms with Gasteiger partial charge in [0.05, 0.1) is 19.0 Å². The van der Waals surface area contributed by atoms with Crippen LogP contribution >= 0.6 is 23.4 Å². The van der Waals surface area contributed by atoms with Crippen molar-refractivity contribution in [3.63, 3.8) is 0 Å². The van der Waals surface area contributed by atoms with E-state index in [1.165, 1.54) is 7.11 Å². The quantitative estimate of drug-likeness (QED) is 0.543. The molecule has 1 aromatic carbocycles. The molecule has 0 radical (unpaired) electrons. The van der Waals surface area contributed by atoms with E-state index in [1.807, 2.05) is 24.3 Å². The second-order valence-electron chi connectivity index (χ2n) is 5.73. The van der Waals surface area contributed by atoms with Crippen LogP contribution in [0.25, 0.3) is 0 Å². The summed E-state index contributed by atoms with van der Waals surface area (Å²) in [5.74, 6) is 2.11. The van der Waals surface area contributed by atoms with Crippen molar-refractivity contribution in [1.82, 2.24) is 10.1 Å². The summed E-state index contributed by atoms with van der Waals surface area (Å²) in [6.07, 6.45) is 1.58. The molecule has 0 atom stereocenters. The molecule has 28 heavy (non-hydrogen) atoms. The van der Waals surface area contributed by atoms with Gasteiger partial charge in [0.1, 0.15) is 5.76 Å². The predicted molar refractivity (Wildman–Crippen MR) is 107 cm³/mol. The van der Waals surface area contributed by atoms with Crippen LogP contribution in [0.2, 0.25) is 5.02 Å². The molecule has 1 amide bonds. The Hall–Kier alpha value is -2.71. The van der Waals surface area contributed by atoms with Crippen molar-refractivity contribution in [1.29, 1.82) is 0 Å². The van der Waals surface area contributed by atoms with Crippen LogP contribution in [-0.4, -0.2) is 29.8 Å². The van der Waals surface area contributed by atoms with Crippen molar-refractivity contribution in [2.75, 3.05) is 19.0 Å². The second-order valence-corrected chi connectivity index (χ2v) is 7.21. The van der Waals surface area contributed by atoms with E-state index < -0.39 is 0 Å². The first-order chi connectivity index (χ1) is 13.5. The van der Waals surface area contributed by atoms with Gasteiger partial charge in [-0.2, -0.15) is 0 Å². The van der Waals surface area contributed by atoms with Gasteiger partial charge in [-0.3, -0.25) is 9.78 Å². The summed E-state index contributed by atoms with van der Waals surface area (Å²) >= 11 is 7.52. The number of amides is 1. The SMILES string of the molecule is COc1cnc(CSc2ccc(Cl)cc2)cc1OCC(=O)Nc1cc(C)on1. The molecule has 0 spiro atoms. The van der Waals surface area contributed by atoms with E-state index in [0.29, 0.717) is 33.9 Å². The van der Waals surface area contributed by atoms with Crippen molar-refractivity contribution in [2.45, 2.75) is 17.6 Å². The lowest BCUT2D eigenvalue weighted by atomic mass is 10.3. The molecule has 0 aliphatic carbocycles. The lowest BCUT2D eigenvalue weighted by molar-refractivity contribution is -0.118. The molecule has 0 fully saturated rings. The summed E-state index contributed by atoms with van der Waals surface area (Å²) < 4.78 is 15.8. The van der Waals surface area contributed by atoms with Crippen molar-refractivity contribution < 1.29 is 18.8 Å². The van der Waals surface area contributed by atoms with Gasteiger partial charge >= 0.3 is 0 Å². The molecule has 0 bridgehead atoms. The van der Waals surface area contributed by atoms with E-state index in [1.54, 1.807) is 37.0 Å². The second kappa shape index (κ2) is 9.48. The summed E-state index contributed by atoms with van der Waals surface area (Å²) in [6, 6.07) is 11.0. The van der Waals surface area contributed by atoms with Crippen LogP contribution in [0.4, 0.5) is 5.82 Å². The first kappa shape index (κ1) is 20.0. The van der Waals surface area contributed by atoms with Crippen LogP contribution in [0.5, 0.6) is 11.5 Å². The Bertz CT molecular complexity index is 947. The number of thioether (sulfide) groups is 1. The zero-order valence-electron chi connectivity index (χ0n) is 15.3. The Morgan fingerprint density at radius 2 is 2.04 bits per heavy atom. The molecule has 2 heterocycles. The normalized spacial score (nSPS) is 10.5. The maximum Gasteiger partial charge on any atom is 0.263 e. The fraction of sp³-hybridized carbons (Fsp3) is 0.211. The van der Waals surface area contributed by atoms with Gasteiger partial charge in [0.25, 0.3) is 5.91 Å². The number of methoxy groups -OCH3 is 1. The molecule has 1 N–H and O–H groups in total. The third-order valence-electron chi connectivity index (χ3n) is 3.56. The Balaban J connectivity index is 1.60. The largest absolute Gasteiger partial charge is 0.491 e. The summed E-state index contributed by atoms with van der Waals surface area (Å²) in [5, 5.41) is 7.00. The average Bonchev–Trinajstić information content (AvgIpc) is 3.10. The molecular weight excluding hydrogens is 402 g/mol. The van der Waals surface area contributed by atoms with E-state index in [4.69, 9.17) is 25.6 Å². The lowest BCUT2D eigenvalue weighted by Crippen LogP contribution is -2.20. The third-order valence-corrected chi connectivity index (χ3v) is 4.86. The maximum atomic E-state index is 12.0. The molecular formula is C19H18ClN3O4S. The van der Waals surface area contributed by atoms with Gasteiger partial charge in [-0.25, -0.2) is 0 Å². The van der Waals surface area contributed by atoms with E-state index in [0.717, 1.165) is 10.6 Å². The topological polar surface area (TPSA) is 86.5 Å². The van der Waals surface area contributed by atoms with Crippen molar-refractivity contribution in [3.8, 4) is 11.5 Å². The molecule has 0 saturated carbocycles. The smallest absolute Gasteiger partial charge is 0.263 e.